The van der Waals surface area contributed by atoms with Gasteiger partial charge in [-0.15, -0.1) is 13.2 Å². The average Bonchev–Trinajstić information content (AvgIpc) is 3.46. The highest BCUT2D eigenvalue weighted by atomic mass is 79.9. The standard InChI is InChI=1S/C28H44BrN3O5/c1-8-12-18(6)31(14-10-3)27(36)24-28-15-19(29)23(37-28)21(25(34)30(7)13-9-2)22(28)26(35)32(24)20(16-33)17(5)11-4/h9-10,17-24,33H,2-3,8,11-16H2,1,4-7H3/t17-,18?,19?,20-,21+,22-,23+,24?,28?/m0/s1. The molecule has 208 valence electrons. The quantitative estimate of drug-likeness (QED) is 0.267. The van der Waals surface area contributed by atoms with E-state index >= 15 is 0 Å². The van der Waals surface area contributed by atoms with Crippen LogP contribution < -0.4 is 0 Å². The van der Waals surface area contributed by atoms with Gasteiger partial charge in [-0.2, -0.15) is 0 Å². The molecule has 0 aromatic rings. The minimum absolute atomic E-state index is 0.0463. The Kier molecular flexibility index (Phi) is 9.67. The number of nitrogens with zero attached hydrogens (tertiary/aromatic N) is 3. The second-order valence-corrected chi connectivity index (χ2v) is 12.1. The van der Waals surface area contributed by atoms with Crippen LogP contribution in [0.5, 0.6) is 0 Å². The second-order valence-electron chi connectivity index (χ2n) is 11.0. The van der Waals surface area contributed by atoms with Gasteiger partial charge in [-0.25, -0.2) is 0 Å². The molecule has 9 heteroatoms. The van der Waals surface area contributed by atoms with Gasteiger partial charge < -0.3 is 24.5 Å². The van der Waals surface area contributed by atoms with Gasteiger partial charge in [0.05, 0.1) is 30.6 Å². The molecule has 8 nitrogen and oxygen atoms in total. The van der Waals surface area contributed by atoms with Crippen molar-refractivity contribution in [3.63, 3.8) is 0 Å². The molecular formula is C28H44BrN3O5. The van der Waals surface area contributed by atoms with E-state index in [2.05, 4.69) is 36.0 Å². The number of amides is 3. The summed E-state index contributed by atoms with van der Waals surface area (Å²) in [6, 6.07) is -1.55. The van der Waals surface area contributed by atoms with Gasteiger partial charge in [-0.05, 0) is 25.7 Å². The Bertz CT molecular complexity index is 899. The normalized spacial score (nSPS) is 32.6. The van der Waals surface area contributed by atoms with Gasteiger partial charge in [0.15, 0.2) is 0 Å². The van der Waals surface area contributed by atoms with Gasteiger partial charge in [-0.1, -0.05) is 61.7 Å². The van der Waals surface area contributed by atoms with Crippen molar-refractivity contribution >= 4 is 33.7 Å². The van der Waals surface area contributed by atoms with Crippen LogP contribution in [-0.2, 0) is 19.1 Å². The molecule has 9 atom stereocenters. The first-order chi connectivity index (χ1) is 17.6. The topological polar surface area (TPSA) is 90.4 Å². The maximum atomic E-state index is 14.5. The zero-order chi connectivity index (χ0) is 27.7. The van der Waals surface area contributed by atoms with Crippen LogP contribution in [0.1, 0.15) is 53.4 Å². The van der Waals surface area contributed by atoms with Crippen molar-refractivity contribution in [3.05, 3.63) is 25.3 Å². The van der Waals surface area contributed by atoms with Crippen LogP contribution in [0.2, 0.25) is 0 Å². The van der Waals surface area contributed by atoms with Gasteiger partial charge in [0.2, 0.25) is 17.7 Å². The third kappa shape index (κ3) is 4.91. The van der Waals surface area contributed by atoms with Crippen molar-refractivity contribution in [3.8, 4) is 0 Å². The molecule has 0 aromatic carbocycles. The molecule has 0 aliphatic carbocycles. The molecule has 3 saturated heterocycles. The van der Waals surface area contributed by atoms with Gasteiger partial charge in [0.1, 0.15) is 11.6 Å². The number of fused-ring (bicyclic) bond motifs is 1. The van der Waals surface area contributed by atoms with E-state index in [4.69, 9.17) is 4.74 Å². The fourth-order valence-corrected chi connectivity index (χ4v) is 7.64. The predicted octanol–water partition coefficient (Wildman–Crippen LogP) is 2.99. The number of alkyl halides is 1. The van der Waals surface area contributed by atoms with Crippen LogP contribution in [-0.4, -0.2) is 98.9 Å². The lowest BCUT2D eigenvalue weighted by molar-refractivity contribution is -0.154. The van der Waals surface area contributed by atoms with Gasteiger partial charge in [-0.3, -0.25) is 14.4 Å². The highest BCUT2D eigenvalue weighted by Gasteiger charge is 2.77. The largest absolute Gasteiger partial charge is 0.394 e. The predicted molar refractivity (Wildman–Crippen MR) is 147 cm³/mol. The number of likely N-dealkylation sites (tertiary alicyclic amines) is 1. The molecule has 0 aromatic heterocycles. The van der Waals surface area contributed by atoms with Gasteiger partial charge in [0, 0.05) is 31.0 Å². The number of ether oxygens (including phenoxy) is 1. The van der Waals surface area contributed by atoms with Crippen molar-refractivity contribution in [2.24, 2.45) is 17.8 Å². The van der Waals surface area contributed by atoms with Crippen molar-refractivity contribution in [1.29, 1.82) is 0 Å². The Morgan fingerprint density at radius 1 is 1.24 bits per heavy atom. The molecule has 3 aliphatic rings. The number of halogens is 1. The number of hydrogen-bond acceptors (Lipinski definition) is 5. The molecular weight excluding hydrogens is 538 g/mol. The first-order valence-electron chi connectivity index (χ1n) is 13.6. The lowest BCUT2D eigenvalue weighted by Crippen LogP contribution is -2.61. The van der Waals surface area contributed by atoms with Crippen LogP contribution >= 0.6 is 15.9 Å². The summed E-state index contributed by atoms with van der Waals surface area (Å²) in [4.78, 5) is 47.2. The Balaban J connectivity index is 2.16. The van der Waals surface area contributed by atoms with Crippen molar-refractivity contribution in [2.75, 3.05) is 26.7 Å². The van der Waals surface area contributed by atoms with E-state index in [0.717, 1.165) is 19.3 Å². The van der Waals surface area contributed by atoms with Crippen molar-refractivity contribution in [2.45, 2.75) is 88.0 Å². The Morgan fingerprint density at radius 2 is 1.89 bits per heavy atom. The average molecular weight is 583 g/mol. The summed E-state index contributed by atoms with van der Waals surface area (Å²) < 4.78 is 6.63. The third-order valence-corrected chi connectivity index (χ3v) is 9.56. The molecule has 4 unspecified atom stereocenters. The minimum Gasteiger partial charge on any atom is -0.394 e. The molecule has 3 rings (SSSR count). The Labute approximate surface area is 230 Å². The first kappa shape index (κ1) is 29.8. The van der Waals surface area contributed by atoms with Crippen LogP contribution in [0, 0.1) is 17.8 Å². The van der Waals surface area contributed by atoms with Gasteiger partial charge >= 0.3 is 0 Å². The van der Waals surface area contributed by atoms with Crippen LogP contribution in [0.15, 0.2) is 25.3 Å². The monoisotopic (exact) mass is 581 g/mol. The Hall–Kier alpha value is -1.71. The van der Waals surface area contributed by atoms with Crippen LogP contribution in [0.25, 0.3) is 0 Å². The molecule has 1 spiro atoms. The van der Waals surface area contributed by atoms with E-state index in [1.54, 1.807) is 33.9 Å². The molecule has 2 bridgehead atoms. The fraction of sp³-hybridized carbons (Fsp3) is 0.750. The maximum Gasteiger partial charge on any atom is 0.248 e. The summed E-state index contributed by atoms with van der Waals surface area (Å²) in [6.45, 7) is 16.1. The first-order valence-corrected chi connectivity index (χ1v) is 14.5. The molecule has 37 heavy (non-hydrogen) atoms. The van der Waals surface area contributed by atoms with E-state index in [-0.39, 0.29) is 41.1 Å². The number of hydrogen-bond donors (Lipinski definition) is 1. The number of aliphatic hydroxyl groups is 1. The second kappa shape index (κ2) is 12.0. The SMILES string of the molecule is C=CCN(C)C(=O)[C@H]1[C@@H]2OC3(CC2Br)C(C(=O)N(CC=C)C(C)CCC)N([C@@H](CO)[C@@H](C)CC)C(=O)[C@H]13. The number of carbonyl (C=O) groups is 3. The highest BCUT2D eigenvalue weighted by Crippen LogP contribution is 2.61. The van der Waals surface area contributed by atoms with Gasteiger partial charge in [0.25, 0.3) is 0 Å². The van der Waals surface area contributed by atoms with Crippen LogP contribution in [0.4, 0.5) is 0 Å². The van der Waals surface area contributed by atoms with Crippen molar-refractivity contribution in [1.82, 2.24) is 14.7 Å². The lowest BCUT2D eigenvalue weighted by atomic mass is 9.70. The van der Waals surface area contributed by atoms with E-state index in [1.807, 2.05) is 20.8 Å². The smallest absolute Gasteiger partial charge is 0.248 e. The zero-order valence-corrected chi connectivity index (χ0v) is 24.5. The number of aliphatic hydroxyl groups excluding tert-OH is 1. The zero-order valence-electron chi connectivity index (χ0n) is 22.9. The molecule has 3 heterocycles. The van der Waals surface area contributed by atoms with E-state index < -0.39 is 35.6 Å². The minimum atomic E-state index is -1.14. The van der Waals surface area contributed by atoms with E-state index in [9.17, 15) is 19.5 Å². The third-order valence-electron chi connectivity index (χ3n) is 8.72. The summed E-state index contributed by atoms with van der Waals surface area (Å²) in [5.74, 6) is -2.21. The number of carbonyl (C=O) groups excluding carboxylic acids is 3. The Morgan fingerprint density at radius 3 is 2.43 bits per heavy atom. The van der Waals surface area contributed by atoms with Crippen molar-refractivity contribution < 1.29 is 24.2 Å². The van der Waals surface area contributed by atoms with E-state index in [0.29, 0.717) is 19.5 Å². The van der Waals surface area contributed by atoms with Crippen LogP contribution in [0.3, 0.4) is 0 Å². The molecule has 3 aliphatic heterocycles. The number of rotatable bonds is 13. The molecule has 0 saturated carbocycles. The molecule has 3 amide bonds. The summed E-state index contributed by atoms with van der Waals surface area (Å²) in [6.07, 6.45) is 5.73. The summed E-state index contributed by atoms with van der Waals surface area (Å²) in [5, 5.41) is 10.5. The molecule has 1 N–H and O–H groups in total. The lowest BCUT2D eigenvalue weighted by Gasteiger charge is -2.42. The number of likely N-dealkylation sites (N-methyl/N-ethyl adjacent to an activating group) is 1. The maximum absolute atomic E-state index is 14.5. The molecule has 0 radical (unpaired) electrons. The van der Waals surface area contributed by atoms with E-state index in [1.165, 1.54) is 0 Å². The summed E-state index contributed by atoms with van der Waals surface area (Å²) in [5.41, 5.74) is -1.14. The summed E-state index contributed by atoms with van der Waals surface area (Å²) in [7, 11) is 1.69. The molecule has 3 fully saturated rings. The highest BCUT2D eigenvalue weighted by molar-refractivity contribution is 9.09. The summed E-state index contributed by atoms with van der Waals surface area (Å²) >= 11 is 3.72. The fourth-order valence-electron chi connectivity index (χ4n) is 6.70.